The van der Waals surface area contributed by atoms with E-state index >= 15 is 0 Å². The molecule has 0 aliphatic heterocycles. The van der Waals surface area contributed by atoms with Gasteiger partial charge in [-0.3, -0.25) is 9.59 Å². The molecule has 0 spiro atoms. The molecule has 0 aliphatic carbocycles. The first-order chi connectivity index (χ1) is 17.3. The van der Waals surface area contributed by atoms with Gasteiger partial charge in [0.15, 0.2) is 11.5 Å². The zero-order valence-electron chi connectivity index (χ0n) is 21.5. The molecule has 0 radical (unpaired) electrons. The maximum absolute atomic E-state index is 12.3. The molecule has 202 valence electrons. The minimum Gasteiger partial charge on any atom is -0.468 e. The fraction of sp³-hybridized carbons (Fsp3) is 0.600. The van der Waals surface area contributed by atoms with Gasteiger partial charge < -0.3 is 33.7 Å². The van der Waals surface area contributed by atoms with Gasteiger partial charge in [0.05, 0.1) is 20.3 Å². The summed E-state index contributed by atoms with van der Waals surface area (Å²) >= 11 is 0. The molecule has 0 bridgehead atoms. The standard InChI is InChI=1S/C25H37NO10/c1-5-8-13-33-24(29)35-20-11-10-18(17-21(20)36-25(30)34-14-9-6-2)16-19(23(28)31-4)26-12-15-32-22(27)7-3/h10-11,17,19,26H,5-9,12-16H2,1-4H3/t19-/m0/s1. The normalized spacial score (nSPS) is 11.2. The van der Waals surface area contributed by atoms with Gasteiger partial charge in [-0.2, -0.15) is 0 Å². The molecular weight excluding hydrogens is 474 g/mol. The van der Waals surface area contributed by atoms with E-state index in [2.05, 4.69) is 5.32 Å². The molecule has 1 aromatic carbocycles. The van der Waals surface area contributed by atoms with E-state index < -0.39 is 24.3 Å². The summed E-state index contributed by atoms with van der Waals surface area (Å²) in [6, 6.07) is 3.73. The number of hydrogen-bond acceptors (Lipinski definition) is 11. The lowest BCUT2D eigenvalue weighted by molar-refractivity contribution is -0.143. The molecule has 0 amide bonds. The number of nitrogens with one attached hydrogen (secondary N) is 1. The number of rotatable bonds is 16. The van der Waals surface area contributed by atoms with E-state index in [-0.39, 0.29) is 56.7 Å². The Morgan fingerprint density at radius 2 is 1.44 bits per heavy atom. The van der Waals surface area contributed by atoms with E-state index in [0.29, 0.717) is 18.4 Å². The van der Waals surface area contributed by atoms with Crippen LogP contribution < -0.4 is 14.8 Å². The third-order valence-corrected chi connectivity index (χ3v) is 4.80. The predicted molar refractivity (Wildman–Crippen MR) is 129 cm³/mol. The van der Waals surface area contributed by atoms with E-state index in [9.17, 15) is 19.2 Å². The van der Waals surface area contributed by atoms with E-state index in [1.165, 1.54) is 19.2 Å². The predicted octanol–water partition coefficient (Wildman–Crippen LogP) is 3.94. The van der Waals surface area contributed by atoms with E-state index in [1.807, 2.05) is 13.8 Å². The van der Waals surface area contributed by atoms with E-state index in [1.54, 1.807) is 13.0 Å². The van der Waals surface area contributed by atoms with Gasteiger partial charge in [0.2, 0.25) is 0 Å². The molecular formula is C25H37NO10. The second-order valence-corrected chi connectivity index (χ2v) is 7.70. The van der Waals surface area contributed by atoms with Crippen molar-refractivity contribution in [1.29, 1.82) is 0 Å². The highest BCUT2D eigenvalue weighted by atomic mass is 16.7. The summed E-state index contributed by atoms with van der Waals surface area (Å²) in [7, 11) is 1.26. The molecule has 1 rings (SSSR count). The second kappa shape index (κ2) is 18.0. The SMILES string of the molecule is CCCCOC(=O)Oc1ccc(C[C@H](NCCOC(=O)CC)C(=O)OC)cc1OC(=O)OCCCC. The third-order valence-electron chi connectivity index (χ3n) is 4.80. The van der Waals surface area contributed by atoms with Crippen LogP contribution in [-0.2, 0) is 35.0 Å². The Morgan fingerprint density at radius 1 is 0.833 bits per heavy atom. The fourth-order valence-corrected chi connectivity index (χ4v) is 2.80. The number of ether oxygens (including phenoxy) is 6. The van der Waals surface area contributed by atoms with Crippen LogP contribution >= 0.6 is 0 Å². The Bertz CT molecular complexity index is 842. The zero-order valence-corrected chi connectivity index (χ0v) is 21.5. The van der Waals surface area contributed by atoms with E-state index in [0.717, 1.165) is 12.8 Å². The first kappa shape index (κ1) is 30.7. The number of carbonyl (C=O) groups excluding carboxylic acids is 4. The summed E-state index contributed by atoms with van der Waals surface area (Å²) in [5.41, 5.74) is 0.575. The molecule has 11 heteroatoms. The van der Waals surface area contributed by atoms with Crippen molar-refractivity contribution >= 4 is 24.2 Å². The number of esters is 2. The molecule has 0 aromatic heterocycles. The van der Waals surface area contributed by atoms with Crippen LogP contribution in [-0.4, -0.2) is 63.8 Å². The largest absolute Gasteiger partial charge is 0.513 e. The maximum atomic E-state index is 12.3. The average molecular weight is 512 g/mol. The fourth-order valence-electron chi connectivity index (χ4n) is 2.80. The third kappa shape index (κ3) is 12.4. The second-order valence-electron chi connectivity index (χ2n) is 7.70. The molecule has 0 heterocycles. The summed E-state index contributed by atoms with van der Waals surface area (Å²) in [4.78, 5) is 47.7. The lowest BCUT2D eigenvalue weighted by atomic mass is 10.1. The average Bonchev–Trinajstić information content (AvgIpc) is 2.86. The van der Waals surface area contributed by atoms with Crippen LogP contribution in [0.15, 0.2) is 18.2 Å². The topological polar surface area (TPSA) is 136 Å². The lowest BCUT2D eigenvalue weighted by Gasteiger charge is -2.18. The van der Waals surface area contributed by atoms with Crippen molar-refractivity contribution in [2.75, 3.05) is 33.5 Å². The van der Waals surface area contributed by atoms with Gasteiger partial charge in [0, 0.05) is 13.0 Å². The summed E-state index contributed by atoms with van der Waals surface area (Å²) < 4.78 is 30.4. The van der Waals surface area contributed by atoms with Crippen molar-refractivity contribution in [2.45, 2.75) is 65.3 Å². The Hall–Kier alpha value is -3.34. The maximum Gasteiger partial charge on any atom is 0.513 e. The van der Waals surface area contributed by atoms with Gasteiger partial charge in [0.25, 0.3) is 0 Å². The van der Waals surface area contributed by atoms with Crippen LogP contribution in [0, 0.1) is 0 Å². The molecule has 11 nitrogen and oxygen atoms in total. The van der Waals surface area contributed by atoms with Gasteiger partial charge >= 0.3 is 24.2 Å². The van der Waals surface area contributed by atoms with Crippen LogP contribution in [0.2, 0.25) is 0 Å². The van der Waals surface area contributed by atoms with Crippen LogP contribution in [0.25, 0.3) is 0 Å². The monoisotopic (exact) mass is 511 g/mol. The minimum absolute atomic E-state index is 0.0401. The summed E-state index contributed by atoms with van der Waals surface area (Å²) in [5, 5.41) is 2.98. The Balaban J connectivity index is 2.98. The van der Waals surface area contributed by atoms with Gasteiger partial charge in [-0.05, 0) is 37.0 Å². The summed E-state index contributed by atoms with van der Waals surface area (Å²) in [6.07, 6.45) is 1.54. The molecule has 1 aromatic rings. The van der Waals surface area contributed by atoms with Gasteiger partial charge in [0.1, 0.15) is 12.6 Å². The lowest BCUT2D eigenvalue weighted by Crippen LogP contribution is -2.41. The molecule has 0 aliphatic rings. The molecule has 1 N–H and O–H groups in total. The highest BCUT2D eigenvalue weighted by Gasteiger charge is 2.22. The van der Waals surface area contributed by atoms with Gasteiger partial charge in [-0.1, -0.05) is 39.7 Å². The van der Waals surface area contributed by atoms with Crippen molar-refractivity contribution in [1.82, 2.24) is 5.32 Å². The Kier molecular flexibility index (Phi) is 15.3. The number of carbonyl (C=O) groups is 4. The molecule has 0 fully saturated rings. The molecule has 1 atom stereocenters. The number of methoxy groups -OCH3 is 1. The zero-order chi connectivity index (χ0) is 26.8. The molecule has 0 unspecified atom stereocenters. The van der Waals surface area contributed by atoms with Gasteiger partial charge in [-0.25, -0.2) is 9.59 Å². The number of benzene rings is 1. The first-order valence-electron chi connectivity index (χ1n) is 12.1. The number of unbranched alkanes of at least 4 members (excludes halogenated alkanes) is 2. The van der Waals surface area contributed by atoms with Crippen LogP contribution in [0.1, 0.15) is 58.4 Å². The van der Waals surface area contributed by atoms with Gasteiger partial charge in [-0.15, -0.1) is 0 Å². The van der Waals surface area contributed by atoms with Crippen molar-refractivity contribution in [3.05, 3.63) is 23.8 Å². The van der Waals surface area contributed by atoms with Crippen LogP contribution in [0.3, 0.4) is 0 Å². The Labute approximate surface area is 211 Å². The summed E-state index contributed by atoms with van der Waals surface area (Å²) in [5.74, 6) is -0.982. The Morgan fingerprint density at radius 3 is 2.00 bits per heavy atom. The molecule has 36 heavy (non-hydrogen) atoms. The highest BCUT2D eigenvalue weighted by molar-refractivity contribution is 5.76. The van der Waals surface area contributed by atoms with Crippen molar-refractivity contribution in [3.8, 4) is 11.5 Å². The first-order valence-corrected chi connectivity index (χ1v) is 12.1. The summed E-state index contributed by atoms with van der Waals surface area (Å²) in [6.45, 7) is 6.29. The van der Waals surface area contributed by atoms with Crippen molar-refractivity contribution < 1.29 is 47.6 Å². The highest BCUT2D eigenvalue weighted by Crippen LogP contribution is 2.30. The molecule has 0 saturated carbocycles. The smallest absolute Gasteiger partial charge is 0.468 e. The van der Waals surface area contributed by atoms with Crippen molar-refractivity contribution in [3.63, 3.8) is 0 Å². The van der Waals surface area contributed by atoms with Crippen molar-refractivity contribution in [2.24, 2.45) is 0 Å². The van der Waals surface area contributed by atoms with Crippen LogP contribution in [0.5, 0.6) is 11.5 Å². The van der Waals surface area contributed by atoms with E-state index in [4.69, 9.17) is 28.4 Å². The number of hydrogen-bond donors (Lipinski definition) is 1. The minimum atomic E-state index is -0.954. The quantitative estimate of drug-likeness (QED) is 0.150. The van der Waals surface area contributed by atoms with Crippen LogP contribution in [0.4, 0.5) is 9.59 Å². The molecule has 0 saturated heterocycles.